The Kier molecular flexibility index (Phi) is 6.33. The van der Waals surface area contributed by atoms with Crippen LogP contribution < -0.4 is 16.4 Å². The minimum Gasteiger partial charge on any atom is -0.477 e. The first-order chi connectivity index (χ1) is 17.7. The van der Waals surface area contributed by atoms with E-state index in [1.807, 2.05) is 0 Å². The van der Waals surface area contributed by atoms with Crippen molar-refractivity contribution >= 4 is 75.7 Å². The molecule has 3 unspecified atom stereocenters. The highest BCUT2D eigenvalue weighted by Crippen LogP contribution is 2.45. The Hall–Kier alpha value is -3.97. The molecule has 37 heavy (non-hydrogen) atoms. The van der Waals surface area contributed by atoms with Crippen LogP contribution >= 0.6 is 35.7 Å². The highest BCUT2D eigenvalue weighted by molar-refractivity contribution is 8.00. The first kappa shape index (κ1) is 24.7. The van der Waals surface area contributed by atoms with E-state index >= 15 is 0 Å². The van der Waals surface area contributed by atoms with Gasteiger partial charge in [0.2, 0.25) is 5.65 Å². The average molecular weight is 564 g/mol. The number of nitrogens with one attached hydrogen (secondary N) is 2. The number of β-lactam (4-membered cyclic amide) rings is 1. The number of aromatic nitrogens is 6. The molecule has 5 rings (SSSR count). The van der Waals surface area contributed by atoms with Gasteiger partial charge in [0.25, 0.3) is 11.8 Å². The SMILES string of the molecule is CNc1cc(C(S)C2=C(C(=O)O)N3C(=O)C(NC(=O)/C(=N/O)c4csc(N)n4)C3SC2)nn2nnnc12. The van der Waals surface area contributed by atoms with Crippen LogP contribution in [0.4, 0.5) is 10.8 Å². The predicted octanol–water partition coefficient (Wildman–Crippen LogP) is -0.812. The number of carboxylic acids is 1. The molecule has 0 aromatic carbocycles. The molecule has 0 spiro atoms. The number of thiol groups is 1. The summed E-state index contributed by atoms with van der Waals surface area (Å²) in [6.07, 6.45) is 0. The van der Waals surface area contributed by atoms with Gasteiger partial charge in [0.1, 0.15) is 22.8 Å². The van der Waals surface area contributed by atoms with E-state index in [4.69, 9.17) is 5.73 Å². The molecule has 192 valence electrons. The van der Waals surface area contributed by atoms with Crippen molar-refractivity contribution in [2.45, 2.75) is 16.7 Å². The van der Waals surface area contributed by atoms with E-state index < -0.39 is 40.2 Å². The molecule has 0 radical (unpaired) electrons. The minimum atomic E-state index is -1.33. The van der Waals surface area contributed by atoms with E-state index in [2.05, 4.69) is 54.0 Å². The second-order valence-corrected chi connectivity index (χ2v) is 10.2. The van der Waals surface area contributed by atoms with Gasteiger partial charge in [-0.3, -0.25) is 14.5 Å². The Labute approximate surface area is 220 Å². The number of anilines is 2. The standard InChI is InChI=1S/C18H17N11O5S3/c1-20-7-2-6(24-29-13(7)23-26-27-29)12(35)5-3-36-16-10(15(31)28(16)11(5)17(32)33)22-14(30)9(25-34)8-4-37-18(19)21-8/h2,4,10,12,16,20,34-35H,3H2,1H3,(H2,19,21)(H,22,30)(H,32,33)/b25-9+. The van der Waals surface area contributed by atoms with Crippen LogP contribution in [0.5, 0.6) is 0 Å². The lowest BCUT2D eigenvalue weighted by atomic mass is 10.00. The molecule has 1 saturated heterocycles. The number of nitrogen functional groups attached to an aromatic ring is 1. The Morgan fingerprint density at radius 1 is 1.41 bits per heavy atom. The van der Waals surface area contributed by atoms with Crippen LogP contribution in [0.15, 0.2) is 27.9 Å². The maximum Gasteiger partial charge on any atom is 0.352 e. The van der Waals surface area contributed by atoms with E-state index in [-0.39, 0.29) is 22.3 Å². The van der Waals surface area contributed by atoms with Crippen LogP contribution in [0.1, 0.15) is 16.6 Å². The molecular weight excluding hydrogens is 546 g/mol. The van der Waals surface area contributed by atoms with Crippen molar-refractivity contribution < 1.29 is 24.7 Å². The molecule has 0 saturated carbocycles. The lowest BCUT2D eigenvalue weighted by Crippen LogP contribution is -2.71. The van der Waals surface area contributed by atoms with E-state index in [1.54, 1.807) is 13.1 Å². The van der Waals surface area contributed by atoms with Gasteiger partial charge in [-0.15, -0.1) is 32.8 Å². The number of carbonyl (C=O) groups is 3. The van der Waals surface area contributed by atoms with Crippen molar-refractivity contribution in [2.24, 2.45) is 5.16 Å². The fraction of sp³-hybridized carbons (Fsp3) is 0.278. The minimum absolute atomic E-state index is 0.0433. The molecule has 3 aromatic heterocycles. The molecule has 2 aliphatic heterocycles. The summed E-state index contributed by atoms with van der Waals surface area (Å²) >= 11 is 6.91. The van der Waals surface area contributed by atoms with E-state index in [0.717, 1.165) is 16.2 Å². The van der Waals surface area contributed by atoms with Crippen LogP contribution in [0, 0.1) is 0 Å². The number of hydrogen-bond acceptors (Lipinski definition) is 15. The molecule has 1 fully saturated rings. The summed E-state index contributed by atoms with van der Waals surface area (Å²) in [5.74, 6) is -2.64. The fourth-order valence-electron chi connectivity index (χ4n) is 3.93. The second-order valence-electron chi connectivity index (χ2n) is 7.69. The van der Waals surface area contributed by atoms with Crippen molar-refractivity contribution in [3.8, 4) is 0 Å². The lowest BCUT2D eigenvalue weighted by Gasteiger charge is -2.49. The number of tetrazole rings is 1. The number of thiazole rings is 1. The van der Waals surface area contributed by atoms with E-state index in [0.29, 0.717) is 22.6 Å². The Bertz CT molecular complexity index is 1500. The van der Waals surface area contributed by atoms with Crippen molar-refractivity contribution in [2.75, 3.05) is 23.9 Å². The molecule has 0 aliphatic carbocycles. The normalized spacial score (nSPS) is 20.4. The van der Waals surface area contributed by atoms with Gasteiger partial charge in [-0.25, -0.2) is 9.78 Å². The summed E-state index contributed by atoms with van der Waals surface area (Å²) in [4.78, 5) is 43.0. The second kappa shape index (κ2) is 9.48. The van der Waals surface area contributed by atoms with Crippen molar-refractivity contribution in [1.29, 1.82) is 0 Å². The van der Waals surface area contributed by atoms with E-state index in [9.17, 15) is 24.7 Å². The van der Waals surface area contributed by atoms with Crippen LogP contribution in [0.2, 0.25) is 0 Å². The predicted molar refractivity (Wildman–Crippen MR) is 134 cm³/mol. The number of oxime groups is 1. The van der Waals surface area contributed by atoms with Crippen LogP contribution in [-0.2, 0) is 14.4 Å². The molecule has 6 N–H and O–H groups in total. The zero-order valence-corrected chi connectivity index (χ0v) is 21.2. The molecule has 16 nitrogen and oxygen atoms in total. The molecule has 0 bridgehead atoms. The maximum atomic E-state index is 13.0. The molecule has 2 amide bonds. The molecule has 3 aromatic rings. The number of nitrogens with two attached hydrogens (primary N) is 1. The number of hydrogen-bond donors (Lipinski definition) is 6. The summed E-state index contributed by atoms with van der Waals surface area (Å²) in [6.45, 7) is 0. The molecule has 3 atom stereocenters. The maximum absolute atomic E-state index is 13.0. The number of amides is 2. The summed E-state index contributed by atoms with van der Waals surface area (Å²) < 4.78 is 1.20. The Balaban J connectivity index is 1.41. The zero-order chi connectivity index (χ0) is 26.4. The van der Waals surface area contributed by atoms with Gasteiger partial charge in [-0.2, -0.15) is 17.7 Å². The van der Waals surface area contributed by atoms with Gasteiger partial charge < -0.3 is 26.7 Å². The third-order valence-corrected chi connectivity index (χ3v) is 8.20. The van der Waals surface area contributed by atoms with Gasteiger partial charge in [-0.1, -0.05) is 5.16 Å². The zero-order valence-electron chi connectivity index (χ0n) is 18.6. The summed E-state index contributed by atoms with van der Waals surface area (Å²) in [7, 11) is 1.67. The topological polar surface area (TPSA) is 226 Å². The highest BCUT2D eigenvalue weighted by atomic mass is 32.2. The number of thioether (sulfide) groups is 1. The van der Waals surface area contributed by atoms with Crippen molar-refractivity contribution in [1.82, 2.24) is 40.5 Å². The average Bonchev–Trinajstić information content (AvgIpc) is 3.54. The number of nitrogens with zero attached hydrogens (tertiary/aromatic N) is 8. The Morgan fingerprint density at radius 3 is 2.84 bits per heavy atom. The highest BCUT2D eigenvalue weighted by Gasteiger charge is 2.55. The smallest absolute Gasteiger partial charge is 0.352 e. The van der Waals surface area contributed by atoms with Gasteiger partial charge in [0.05, 0.1) is 16.6 Å². The van der Waals surface area contributed by atoms with E-state index in [1.165, 1.54) is 21.8 Å². The monoisotopic (exact) mass is 563 g/mol. The van der Waals surface area contributed by atoms with Crippen molar-refractivity contribution in [3.63, 3.8) is 0 Å². The van der Waals surface area contributed by atoms with Gasteiger partial charge >= 0.3 is 5.97 Å². The Morgan fingerprint density at radius 2 is 2.19 bits per heavy atom. The summed E-state index contributed by atoms with van der Waals surface area (Å²) in [6, 6.07) is 0.597. The third kappa shape index (κ3) is 4.09. The first-order valence-electron chi connectivity index (χ1n) is 10.4. The molecular formula is C18H17N11O5S3. The lowest BCUT2D eigenvalue weighted by molar-refractivity contribution is -0.150. The third-order valence-electron chi connectivity index (χ3n) is 5.64. The number of carboxylic acid groups (broad SMARTS) is 1. The number of rotatable bonds is 7. The quantitative estimate of drug-likeness (QED) is 0.0680. The van der Waals surface area contributed by atoms with Gasteiger partial charge in [-0.05, 0) is 22.1 Å². The van der Waals surface area contributed by atoms with Gasteiger partial charge in [0.15, 0.2) is 10.8 Å². The number of fused-ring (bicyclic) bond motifs is 2. The fourth-order valence-corrected chi connectivity index (χ4v) is 6.33. The van der Waals surface area contributed by atoms with Crippen LogP contribution in [0.25, 0.3) is 5.65 Å². The molecule has 5 heterocycles. The molecule has 2 aliphatic rings. The first-order valence-corrected chi connectivity index (χ1v) is 12.8. The van der Waals surface area contributed by atoms with Crippen LogP contribution in [-0.4, -0.2) is 93.2 Å². The molecule has 19 heteroatoms. The number of carbonyl (C=O) groups excluding carboxylic acids is 2. The summed E-state index contributed by atoms with van der Waals surface area (Å²) in [5.41, 5.74) is 6.58. The van der Waals surface area contributed by atoms with Crippen LogP contribution in [0.3, 0.4) is 0 Å². The number of aliphatic carboxylic acids is 1. The van der Waals surface area contributed by atoms with Gasteiger partial charge in [0, 0.05) is 18.2 Å². The summed E-state index contributed by atoms with van der Waals surface area (Å²) in [5, 5.41) is 43.4. The van der Waals surface area contributed by atoms with Crippen molar-refractivity contribution in [3.05, 3.63) is 34.1 Å². The largest absolute Gasteiger partial charge is 0.477 e.